The Labute approximate surface area is 101 Å². The fourth-order valence-corrected chi connectivity index (χ4v) is 2.53. The Morgan fingerprint density at radius 2 is 2.24 bits per heavy atom. The van der Waals surface area contributed by atoms with Crippen LogP contribution >= 0.6 is 0 Å². The van der Waals surface area contributed by atoms with Crippen molar-refractivity contribution in [1.29, 1.82) is 0 Å². The average Bonchev–Trinajstić information content (AvgIpc) is 3.00. The summed E-state index contributed by atoms with van der Waals surface area (Å²) in [4.78, 5) is 4.62. The summed E-state index contributed by atoms with van der Waals surface area (Å²) in [6.45, 7) is 3.89. The zero-order chi connectivity index (χ0) is 12.0. The first kappa shape index (κ1) is 10.8. The van der Waals surface area contributed by atoms with Crippen LogP contribution in [0.5, 0.6) is 0 Å². The second kappa shape index (κ2) is 3.84. The summed E-state index contributed by atoms with van der Waals surface area (Å²) >= 11 is 0. The molecule has 1 aliphatic rings. The molecule has 1 aromatic carbocycles. The normalized spacial score (nSPS) is 17.6. The molecule has 17 heavy (non-hydrogen) atoms. The molecule has 0 radical (unpaired) electrons. The molecule has 3 heteroatoms. The van der Waals surface area contributed by atoms with E-state index >= 15 is 0 Å². The number of benzene rings is 1. The molecule has 1 saturated carbocycles. The minimum Gasteiger partial charge on any atom is -0.393 e. The lowest BCUT2D eigenvalue weighted by molar-refractivity contribution is 0.195. The Bertz CT molecular complexity index is 553. The molecule has 2 aromatic rings. The van der Waals surface area contributed by atoms with E-state index in [1.165, 1.54) is 18.4 Å². The molecule has 1 atom stereocenters. The zero-order valence-corrected chi connectivity index (χ0v) is 10.3. The first-order valence-electron chi connectivity index (χ1n) is 6.30. The average molecular weight is 230 g/mol. The number of nitrogens with zero attached hydrogens (tertiary/aromatic N) is 2. The second-order valence-electron chi connectivity index (χ2n) is 5.14. The van der Waals surface area contributed by atoms with Crippen molar-refractivity contribution in [2.75, 3.05) is 0 Å². The highest BCUT2D eigenvalue weighted by Gasteiger charge is 2.26. The van der Waals surface area contributed by atoms with Gasteiger partial charge < -0.3 is 9.67 Å². The van der Waals surface area contributed by atoms with Crippen molar-refractivity contribution >= 4 is 11.0 Å². The highest BCUT2D eigenvalue weighted by atomic mass is 16.3. The van der Waals surface area contributed by atoms with Crippen molar-refractivity contribution in [3.05, 3.63) is 29.6 Å². The van der Waals surface area contributed by atoms with Crippen LogP contribution in [0.25, 0.3) is 11.0 Å². The van der Waals surface area contributed by atoms with E-state index in [2.05, 4.69) is 34.7 Å². The number of aromatic nitrogens is 2. The van der Waals surface area contributed by atoms with Crippen molar-refractivity contribution in [2.24, 2.45) is 0 Å². The molecular formula is C14H18N2O. The van der Waals surface area contributed by atoms with E-state index < -0.39 is 0 Å². The summed E-state index contributed by atoms with van der Waals surface area (Å²) in [6.07, 6.45) is 2.97. The van der Waals surface area contributed by atoms with Gasteiger partial charge in [0.1, 0.15) is 5.82 Å². The van der Waals surface area contributed by atoms with Crippen LogP contribution in [-0.2, 0) is 6.42 Å². The van der Waals surface area contributed by atoms with Gasteiger partial charge in [-0.15, -0.1) is 0 Å². The highest BCUT2D eigenvalue weighted by molar-refractivity contribution is 5.77. The number of aliphatic hydroxyl groups excluding tert-OH is 1. The van der Waals surface area contributed by atoms with Crippen molar-refractivity contribution in [3.8, 4) is 0 Å². The zero-order valence-electron chi connectivity index (χ0n) is 10.3. The van der Waals surface area contributed by atoms with Crippen LogP contribution in [0.15, 0.2) is 18.2 Å². The Kier molecular flexibility index (Phi) is 2.44. The van der Waals surface area contributed by atoms with Gasteiger partial charge in [0.15, 0.2) is 0 Å². The van der Waals surface area contributed by atoms with E-state index in [0.29, 0.717) is 12.5 Å². The number of aliphatic hydroxyl groups is 1. The SMILES string of the molecule is Cc1nc2cc(CC(C)O)ccc2n1C1CC1. The van der Waals surface area contributed by atoms with Crippen LogP contribution < -0.4 is 0 Å². The third kappa shape index (κ3) is 1.95. The Morgan fingerprint density at radius 1 is 1.47 bits per heavy atom. The van der Waals surface area contributed by atoms with E-state index in [-0.39, 0.29) is 6.10 Å². The summed E-state index contributed by atoms with van der Waals surface area (Å²) in [7, 11) is 0. The summed E-state index contributed by atoms with van der Waals surface area (Å²) in [5, 5.41) is 9.41. The highest BCUT2D eigenvalue weighted by Crippen LogP contribution is 2.38. The monoisotopic (exact) mass is 230 g/mol. The van der Waals surface area contributed by atoms with Crippen LogP contribution in [0.4, 0.5) is 0 Å². The first-order chi connectivity index (χ1) is 8.15. The molecule has 3 rings (SSSR count). The molecule has 0 amide bonds. The Hall–Kier alpha value is -1.35. The summed E-state index contributed by atoms with van der Waals surface area (Å²) < 4.78 is 2.35. The maximum Gasteiger partial charge on any atom is 0.106 e. The van der Waals surface area contributed by atoms with Gasteiger partial charge in [0.25, 0.3) is 0 Å². The Balaban J connectivity index is 2.05. The van der Waals surface area contributed by atoms with Crippen LogP contribution in [0.1, 0.15) is 37.2 Å². The fraction of sp³-hybridized carbons (Fsp3) is 0.500. The van der Waals surface area contributed by atoms with Crippen molar-refractivity contribution in [1.82, 2.24) is 9.55 Å². The van der Waals surface area contributed by atoms with E-state index in [9.17, 15) is 5.11 Å². The lowest BCUT2D eigenvalue weighted by Gasteiger charge is -2.06. The molecule has 90 valence electrons. The van der Waals surface area contributed by atoms with Gasteiger partial charge in [-0.1, -0.05) is 6.07 Å². The van der Waals surface area contributed by atoms with Crippen LogP contribution in [0.2, 0.25) is 0 Å². The number of aryl methyl sites for hydroxylation is 1. The molecule has 1 N–H and O–H groups in total. The molecular weight excluding hydrogens is 212 g/mol. The number of rotatable bonds is 3. The summed E-state index contributed by atoms with van der Waals surface area (Å²) in [5.41, 5.74) is 3.46. The quantitative estimate of drug-likeness (QED) is 0.880. The molecule has 1 heterocycles. The van der Waals surface area contributed by atoms with Gasteiger partial charge in [0.2, 0.25) is 0 Å². The van der Waals surface area contributed by atoms with Crippen LogP contribution in [0.3, 0.4) is 0 Å². The smallest absolute Gasteiger partial charge is 0.106 e. The third-order valence-corrected chi connectivity index (χ3v) is 3.37. The molecule has 1 aliphatic carbocycles. The van der Waals surface area contributed by atoms with E-state index in [1.54, 1.807) is 0 Å². The van der Waals surface area contributed by atoms with Gasteiger partial charge >= 0.3 is 0 Å². The molecule has 1 aromatic heterocycles. The summed E-state index contributed by atoms with van der Waals surface area (Å²) in [6, 6.07) is 7.02. The molecule has 0 saturated heterocycles. The number of hydrogen-bond acceptors (Lipinski definition) is 2. The van der Waals surface area contributed by atoms with Gasteiger partial charge in [-0.25, -0.2) is 4.98 Å². The van der Waals surface area contributed by atoms with Crippen LogP contribution in [0, 0.1) is 6.92 Å². The van der Waals surface area contributed by atoms with Crippen molar-refractivity contribution in [3.63, 3.8) is 0 Å². The molecule has 0 aliphatic heterocycles. The lowest BCUT2D eigenvalue weighted by atomic mass is 10.1. The number of imidazole rings is 1. The lowest BCUT2D eigenvalue weighted by Crippen LogP contribution is -2.03. The van der Waals surface area contributed by atoms with Gasteiger partial charge in [0.05, 0.1) is 17.1 Å². The predicted molar refractivity (Wildman–Crippen MR) is 68.1 cm³/mol. The minimum atomic E-state index is -0.293. The molecule has 0 spiro atoms. The maximum atomic E-state index is 9.41. The molecule has 1 unspecified atom stereocenters. The fourth-order valence-electron chi connectivity index (χ4n) is 2.53. The van der Waals surface area contributed by atoms with E-state index in [1.807, 2.05) is 6.92 Å². The topological polar surface area (TPSA) is 38.1 Å². The number of fused-ring (bicyclic) bond motifs is 1. The van der Waals surface area contributed by atoms with Crippen LogP contribution in [-0.4, -0.2) is 20.8 Å². The second-order valence-corrected chi connectivity index (χ2v) is 5.14. The molecule has 0 bridgehead atoms. The third-order valence-electron chi connectivity index (χ3n) is 3.37. The van der Waals surface area contributed by atoms with Gasteiger partial charge in [-0.3, -0.25) is 0 Å². The van der Waals surface area contributed by atoms with Crippen molar-refractivity contribution < 1.29 is 5.11 Å². The first-order valence-corrected chi connectivity index (χ1v) is 6.30. The van der Waals surface area contributed by atoms with E-state index in [4.69, 9.17) is 0 Å². The Morgan fingerprint density at radius 3 is 2.88 bits per heavy atom. The standard InChI is InChI=1S/C14H18N2O/c1-9(17)7-11-3-6-14-13(8-11)15-10(2)16(14)12-4-5-12/h3,6,8-9,12,17H,4-5,7H2,1-2H3. The summed E-state index contributed by atoms with van der Waals surface area (Å²) in [5.74, 6) is 1.11. The predicted octanol–water partition coefficient (Wildman–Crippen LogP) is 2.60. The van der Waals surface area contributed by atoms with E-state index in [0.717, 1.165) is 16.9 Å². The molecule has 3 nitrogen and oxygen atoms in total. The maximum absolute atomic E-state index is 9.41. The van der Waals surface area contributed by atoms with Gasteiger partial charge in [0, 0.05) is 6.04 Å². The molecule has 1 fully saturated rings. The largest absolute Gasteiger partial charge is 0.393 e. The number of hydrogen-bond donors (Lipinski definition) is 1. The van der Waals surface area contributed by atoms with Gasteiger partial charge in [-0.05, 0) is 50.8 Å². The van der Waals surface area contributed by atoms with Crippen molar-refractivity contribution in [2.45, 2.75) is 45.3 Å². The van der Waals surface area contributed by atoms with Gasteiger partial charge in [-0.2, -0.15) is 0 Å². The minimum absolute atomic E-state index is 0.293.